The van der Waals surface area contributed by atoms with Gasteiger partial charge in [-0.2, -0.15) is 0 Å². The van der Waals surface area contributed by atoms with Gasteiger partial charge in [0.2, 0.25) is 0 Å². The van der Waals surface area contributed by atoms with Gasteiger partial charge in [0.1, 0.15) is 5.75 Å². The Morgan fingerprint density at radius 2 is 1.87 bits per heavy atom. The zero-order valence-corrected chi connectivity index (χ0v) is 21.8. The minimum absolute atomic E-state index is 0.0834. The summed E-state index contributed by atoms with van der Waals surface area (Å²) in [4.78, 5) is 25.0. The molecule has 1 aliphatic rings. The molecular formula is C28H29ClF3NO5. The second-order valence-electron chi connectivity index (χ2n) is 9.66. The van der Waals surface area contributed by atoms with Gasteiger partial charge in [-0.25, -0.2) is 4.79 Å². The second kappa shape index (κ2) is 11.4. The summed E-state index contributed by atoms with van der Waals surface area (Å²) in [5.41, 5.74) is 1.91. The Morgan fingerprint density at radius 1 is 1.16 bits per heavy atom. The number of aromatic nitrogens is 1. The molecule has 1 fully saturated rings. The molecule has 0 radical (unpaired) electrons. The smallest absolute Gasteiger partial charge is 0.479 e. The van der Waals surface area contributed by atoms with E-state index in [1.54, 1.807) is 38.1 Å². The summed E-state index contributed by atoms with van der Waals surface area (Å²) in [5, 5.41) is 10.4. The van der Waals surface area contributed by atoms with Crippen LogP contribution in [0.2, 0.25) is 5.02 Å². The molecule has 1 aromatic heterocycles. The van der Waals surface area contributed by atoms with E-state index in [-0.39, 0.29) is 23.6 Å². The van der Waals surface area contributed by atoms with Gasteiger partial charge in [-0.3, -0.25) is 4.79 Å². The minimum Gasteiger partial charge on any atom is -0.479 e. The Morgan fingerprint density at radius 3 is 2.50 bits per heavy atom. The molecule has 3 aromatic rings. The van der Waals surface area contributed by atoms with E-state index in [1.165, 1.54) is 18.2 Å². The number of ketones is 1. The average Bonchev–Trinajstić information content (AvgIpc) is 3.12. The van der Waals surface area contributed by atoms with Gasteiger partial charge in [-0.1, -0.05) is 24.9 Å². The molecule has 0 spiro atoms. The number of benzene rings is 2. The van der Waals surface area contributed by atoms with E-state index in [4.69, 9.17) is 16.3 Å². The van der Waals surface area contributed by atoms with Crippen molar-refractivity contribution in [2.24, 2.45) is 5.92 Å². The van der Waals surface area contributed by atoms with Crippen LogP contribution in [0.3, 0.4) is 0 Å². The van der Waals surface area contributed by atoms with Crippen molar-refractivity contribution in [3.05, 3.63) is 64.3 Å². The number of carbonyl (C=O) groups is 2. The number of halogens is 4. The molecule has 0 bridgehead atoms. The lowest BCUT2D eigenvalue weighted by atomic mass is 9.87. The third-order valence-electron chi connectivity index (χ3n) is 7.04. The lowest BCUT2D eigenvalue weighted by molar-refractivity contribution is -0.274. The monoisotopic (exact) mass is 551 g/mol. The SMILES string of the molecule is CC[C@@H](O[C@H]1CCCC(Cn2c(C)c(C(=O)c3ccc(Cl)cc3)c3ccc(OC(F)(F)F)cc32)C1)C(=O)O. The van der Waals surface area contributed by atoms with Crippen molar-refractivity contribution in [1.29, 1.82) is 0 Å². The van der Waals surface area contributed by atoms with Crippen LogP contribution < -0.4 is 4.74 Å². The molecule has 204 valence electrons. The largest absolute Gasteiger partial charge is 0.573 e. The molecule has 1 unspecified atom stereocenters. The van der Waals surface area contributed by atoms with Crippen LogP contribution in [0.4, 0.5) is 13.2 Å². The first-order valence-corrected chi connectivity index (χ1v) is 12.9. The molecule has 0 aliphatic heterocycles. The van der Waals surface area contributed by atoms with Crippen molar-refractivity contribution < 1.29 is 37.3 Å². The molecule has 10 heteroatoms. The first-order chi connectivity index (χ1) is 18.0. The Bertz CT molecular complexity index is 1320. The number of carboxylic acid groups (broad SMARTS) is 1. The van der Waals surface area contributed by atoms with Crippen molar-refractivity contribution >= 4 is 34.3 Å². The van der Waals surface area contributed by atoms with Crippen LogP contribution in [-0.4, -0.2) is 40.0 Å². The maximum atomic E-state index is 13.5. The fraction of sp³-hybridized carbons (Fsp3) is 0.429. The number of alkyl halides is 3. The molecule has 1 saturated carbocycles. The van der Waals surface area contributed by atoms with Gasteiger partial charge < -0.3 is 19.1 Å². The maximum Gasteiger partial charge on any atom is 0.573 e. The van der Waals surface area contributed by atoms with Gasteiger partial charge in [0.15, 0.2) is 11.9 Å². The zero-order valence-electron chi connectivity index (χ0n) is 21.1. The molecule has 6 nitrogen and oxygen atoms in total. The maximum absolute atomic E-state index is 13.5. The number of hydrogen-bond donors (Lipinski definition) is 1. The summed E-state index contributed by atoms with van der Waals surface area (Å²) in [6.45, 7) is 3.98. The highest BCUT2D eigenvalue weighted by Gasteiger charge is 2.32. The van der Waals surface area contributed by atoms with Gasteiger partial charge in [0, 0.05) is 34.3 Å². The fourth-order valence-electron chi connectivity index (χ4n) is 5.27. The average molecular weight is 552 g/mol. The highest BCUT2D eigenvalue weighted by atomic mass is 35.5. The van der Waals surface area contributed by atoms with Crippen molar-refractivity contribution in [2.45, 2.75) is 71.1 Å². The number of carboxylic acids is 1. The number of ether oxygens (including phenoxy) is 2. The van der Waals surface area contributed by atoms with E-state index >= 15 is 0 Å². The summed E-state index contributed by atoms with van der Waals surface area (Å²) in [6.07, 6.45) is -2.55. The summed E-state index contributed by atoms with van der Waals surface area (Å²) in [7, 11) is 0. The molecule has 2 aromatic carbocycles. The van der Waals surface area contributed by atoms with Gasteiger partial charge >= 0.3 is 12.3 Å². The molecule has 0 saturated heterocycles. The number of aliphatic carboxylic acids is 1. The predicted molar refractivity (Wildman–Crippen MR) is 137 cm³/mol. The summed E-state index contributed by atoms with van der Waals surface area (Å²) >= 11 is 5.98. The third kappa shape index (κ3) is 6.32. The topological polar surface area (TPSA) is 77.8 Å². The van der Waals surface area contributed by atoms with E-state index in [1.807, 2.05) is 4.57 Å². The number of fused-ring (bicyclic) bond motifs is 1. The standard InChI is InChI=1S/C28H29ClF3NO5/c1-3-24(27(35)36)37-20-6-4-5-17(13-20)15-33-16(2)25(26(34)18-7-9-19(29)10-8-18)22-12-11-21(14-23(22)33)38-28(30,31)32/h7-12,14,17,20,24H,3-6,13,15H2,1-2H3,(H,35,36)/t17?,20-,24+/m0/s1. The van der Waals surface area contributed by atoms with Gasteiger partial charge in [-0.15, -0.1) is 13.2 Å². The highest BCUT2D eigenvalue weighted by Crippen LogP contribution is 2.36. The predicted octanol–water partition coefficient (Wildman–Crippen LogP) is 7.17. The summed E-state index contributed by atoms with van der Waals surface area (Å²) in [6, 6.07) is 10.5. The van der Waals surface area contributed by atoms with Crippen LogP contribution >= 0.6 is 11.6 Å². The highest BCUT2D eigenvalue weighted by molar-refractivity contribution is 6.30. The fourth-order valence-corrected chi connectivity index (χ4v) is 5.40. The quantitative estimate of drug-likeness (QED) is 0.285. The number of nitrogens with zero attached hydrogens (tertiary/aromatic N) is 1. The van der Waals surface area contributed by atoms with Crippen molar-refractivity contribution in [1.82, 2.24) is 4.57 Å². The van der Waals surface area contributed by atoms with Crippen LogP contribution in [0, 0.1) is 12.8 Å². The number of hydrogen-bond acceptors (Lipinski definition) is 4. The van der Waals surface area contributed by atoms with Gasteiger partial charge in [0.05, 0.1) is 17.2 Å². The minimum atomic E-state index is -4.85. The molecule has 1 heterocycles. The lowest BCUT2D eigenvalue weighted by Gasteiger charge is -2.31. The molecule has 38 heavy (non-hydrogen) atoms. The summed E-state index contributed by atoms with van der Waals surface area (Å²) < 4.78 is 50.8. The second-order valence-corrected chi connectivity index (χ2v) is 10.1. The number of carbonyl (C=O) groups excluding carboxylic acids is 1. The van der Waals surface area contributed by atoms with Crippen molar-refractivity contribution in [3.63, 3.8) is 0 Å². The van der Waals surface area contributed by atoms with E-state index in [0.717, 1.165) is 19.3 Å². The van der Waals surface area contributed by atoms with E-state index in [9.17, 15) is 27.9 Å². The normalized spacial score (nSPS) is 18.9. The van der Waals surface area contributed by atoms with E-state index < -0.39 is 18.4 Å². The Hall–Kier alpha value is -3.04. The zero-order chi connectivity index (χ0) is 27.6. The molecule has 1 aliphatic carbocycles. The molecule has 0 amide bonds. The third-order valence-corrected chi connectivity index (χ3v) is 7.29. The summed E-state index contributed by atoms with van der Waals surface area (Å²) in [5.74, 6) is -1.54. The van der Waals surface area contributed by atoms with E-state index in [2.05, 4.69) is 4.74 Å². The van der Waals surface area contributed by atoms with Crippen LogP contribution in [0.1, 0.15) is 60.6 Å². The number of rotatable bonds is 9. The van der Waals surface area contributed by atoms with Crippen LogP contribution in [-0.2, 0) is 16.1 Å². The molecule has 4 rings (SSSR count). The Balaban J connectivity index is 1.70. The van der Waals surface area contributed by atoms with Crippen molar-refractivity contribution in [2.75, 3.05) is 0 Å². The van der Waals surface area contributed by atoms with Crippen LogP contribution in [0.25, 0.3) is 10.9 Å². The first-order valence-electron chi connectivity index (χ1n) is 12.5. The first kappa shape index (κ1) is 28.0. The Kier molecular flexibility index (Phi) is 8.37. The van der Waals surface area contributed by atoms with Crippen LogP contribution in [0.15, 0.2) is 42.5 Å². The van der Waals surface area contributed by atoms with Gasteiger partial charge in [-0.05, 0) is 74.9 Å². The van der Waals surface area contributed by atoms with Crippen LogP contribution in [0.5, 0.6) is 5.75 Å². The molecule has 1 N–H and O–H groups in total. The molecule has 3 atom stereocenters. The van der Waals surface area contributed by atoms with Crippen molar-refractivity contribution in [3.8, 4) is 5.75 Å². The van der Waals surface area contributed by atoms with E-state index in [0.29, 0.717) is 52.1 Å². The van der Waals surface area contributed by atoms with Gasteiger partial charge in [0.25, 0.3) is 0 Å². The molecular weight excluding hydrogens is 523 g/mol. The lowest BCUT2D eigenvalue weighted by Crippen LogP contribution is -2.33. The Labute approximate surface area is 223 Å².